The third-order valence-electron chi connectivity index (χ3n) is 4.97. The number of amides is 1. The molecule has 160 valence electrons. The maximum atomic E-state index is 12.2. The highest BCUT2D eigenvalue weighted by molar-refractivity contribution is 7.88. The van der Waals surface area contributed by atoms with Crippen molar-refractivity contribution in [3.8, 4) is 11.1 Å². The van der Waals surface area contributed by atoms with Gasteiger partial charge in [-0.25, -0.2) is 22.7 Å². The van der Waals surface area contributed by atoms with E-state index >= 15 is 0 Å². The molecular formula is C21H24N2O6S. The number of carboxylic acids is 1. The third kappa shape index (κ3) is 5.37. The number of benzene rings is 2. The highest BCUT2D eigenvalue weighted by atomic mass is 32.2. The van der Waals surface area contributed by atoms with E-state index in [1.807, 2.05) is 48.5 Å². The Bertz CT molecular complexity index is 992. The summed E-state index contributed by atoms with van der Waals surface area (Å²) in [7, 11) is -3.34. The van der Waals surface area contributed by atoms with Gasteiger partial charge in [0.15, 0.2) is 0 Å². The largest absolute Gasteiger partial charge is 0.480 e. The van der Waals surface area contributed by atoms with Crippen LogP contribution in [0.3, 0.4) is 0 Å². The van der Waals surface area contributed by atoms with E-state index in [1.165, 1.54) is 0 Å². The first-order valence-electron chi connectivity index (χ1n) is 9.55. The molecule has 1 atom stereocenters. The lowest BCUT2D eigenvalue weighted by Crippen LogP contribution is -2.42. The highest BCUT2D eigenvalue weighted by Gasteiger charge is 2.29. The minimum atomic E-state index is -3.34. The summed E-state index contributed by atoms with van der Waals surface area (Å²) in [5.41, 5.74) is 4.33. The number of hydrogen-bond acceptors (Lipinski definition) is 5. The van der Waals surface area contributed by atoms with Gasteiger partial charge in [-0.3, -0.25) is 0 Å². The standard InChI is InChI=1S/C21H24N2O6S/c1-30(27,28)22-12-6-11-19(20(24)25)23-21(26)29-13-18-16-9-4-2-7-14(16)15-8-3-5-10-17(15)18/h2-5,7-10,18-19,22H,6,11-13H2,1H3,(H,23,26)(H,24,25)/t19-/m0/s1. The summed E-state index contributed by atoms with van der Waals surface area (Å²) in [6.07, 6.45) is 0.534. The summed E-state index contributed by atoms with van der Waals surface area (Å²) in [6, 6.07) is 14.7. The van der Waals surface area contributed by atoms with Gasteiger partial charge in [0.1, 0.15) is 12.6 Å². The molecule has 0 aliphatic heterocycles. The molecule has 2 aromatic carbocycles. The molecule has 30 heavy (non-hydrogen) atoms. The molecule has 0 heterocycles. The van der Waals surface area contributed by atoms with Gasteiger partial charge in [-0.2, -0.15) is 0 Å². The van der Waals surface area contributed by atoms with Crippen molar-refractivity contribution in [2.24, 2.45) is 0 Å². The van der Waals surface area contributed by atoms with Crippen LogP contribution < -0.4 is 10.0 Å². The fraction of sp³-hybridized carbons (Fsp3) is 0.333. The van der Waals surface area contributed by atoms with Crippen LogP contribution in [0.1, 0.15) is 29.9 Å². The topological polar surface area (TPSA) is 122 Å². The fourth-order valence-electron chi connectivity index (χ4n) is 3.60. The number of ether oxygens (including phenoxy) is 1. The first-order valence-corrected chi connectivity index (χ1v) is 11.4. The second kappa shape index (κ2) is 9.27. The van der Waals surface area contributed by atoms with Gasteiger partial charge in [0, 0.05) is 12.5 Å². The third-order valence-corrected chi connectivity index (χ3v) is 5.70. The number of carbonyl (C=O) groups excluding carboxylic acids is 1. The quantitative estimate of drug-likeness (QED) is 0.523. The Morgan fingerprint density at radius 1 is 1.07 bits per heavy atom. The van der Waals surface area contributed by atoms with Crippen LogP contribution in [-0.4, -0.2) is 51.0 Å². The Labute approximate surface area is 175 Å². The van der Waals surface area contributed by atoms with E-state index < -0.39 is 28.1 Å². The number of fused-ring (bicyclic) bond motifs is 3. The monoisotopic (exact) mass is 432 g/mol. The van der Waals surface area contributed by atoms with Crippen LogP contribution in [0.5, 0.6) is 0 Å². The summed E-state index contributed by atoms with van der Waals surface area (Å²) in [4.78, 5) is 23.6. The molecule has 3 N–H and O–H groups in total. The summed E-state index contributed by atoms with van der Waals surface area (Å²) < 4.78 is 29.8. The number of alkyl carbamates (subject to hydrolysis) is 1. The Hall–Kier alpha value is -2.91. The Morgan fingerprint density at radius 3 is 2.17 bits per heavy atom. The average molecular weight is 432 g/mol. The SMILES string of the molecule is CS(=O)(=O)NCCC[C@H](NC(=O)OCC1c2ccccc2-c2ccccc21)C(=O)O. The number of sulfonamides is 1. The molecule has 9 heteroatoms. The van der Waals surface area contributed by atoms with Crippen LogP contribution in [0.25, 0.3) is 11.1 Å². The molecule has 0 aromatic heterocycles. The van der Waals surface area contributed by atoms with Crippen molar-refractivity contribution in [2.45, 2.75) is 24.8 Å². The number of hydrogen-bond donors (Lipinski definition) is 3. The van der Waals surface area contributed by atoms with Crippen LogP contribution in [0.2, 0.25) is 0 Å². The summed E-state index contributed by atoms with van der Waals surface area (Å²) in [5.74, 6) is -1.33. The normalized spacial score (nSPS) is 13.9. The lowest BCUT2D eigenvalue weighted by molar-refractivity contribution is -0.139. The number of carboxylic acid groups (broad SMARTS) is 1. The number of carbonyl (C=O) groups is 2. The average Bonchev–Trinajstić information content (AvgIpc) is 3.01. The van der Waals surface area contributed by atoms with E-state index in [-0.39, 0.29) is 31.9 Å². The maximum Gasteiger partial charge on any atom is 0.407 e. The minimum absolute atomic E-state index is 0.0715. The van der Waals surface area contributed by atoms with Crippen molar-refractivity contribution in [3.05, 3.63) is 59.7 Å². The highest BCUT2D eigenvalue weighted by Crippen LogP contribution is 2.44. The van der Waals surface area contributed by atoms with Gasteiger partial charge in [0.05, 0.1) is 6.26 Å². The molecule has 1 amide bonds. The zero-order valence-corrected chi connectivity index (χ0v) is 17.3. The van der Waals surface area contributed by atoms with Gasteiger partial charge >= 0.3 is 12.1 Å². The smallest absolute Gasteiger partial charge is 0.407 e. The van der Waals surface area contributed by atoms with Gasteiger partial charge in [-0.15, -0.1) is 0 Å². The van der Waals surface area contributed by atoms with Crippen molar-refractivity contribution in [3.63, 3.8) is 0 Å². The number of rotatable bonds is 9. The Balaban J connectivity index is 1.57. The second-order valence-electron chi connectivity index (χ2n) is 7.17. The Morgan fingerprint density at radius 2 is 1.63 bits per heavy atom. The summed E-state index contributed by atoms with van der Waals surface area (Å²) in [6.45, 7) is 0.177. The molecule has 1 aliphatic rings. The van der Waals surface area contributed by atoms with E-state index in [0.29, 0.717) is 0 Å². The first kappa shape index (κ1) is 21.8. The molecule has 0 spiro atoms. The van der Waals surface area contributed by atoms with Gasteiger partial charge in [-0.05, 0) is 35.1 Å². The second-order valence-corrected chi connectivity index (χ2v) is 9.00. The van der Waals surface area contributed by atoms with E-state index in [0.717, 1.165) is 28.5 Å². The number of aliphatic carboxylic acids is 1. The van der Waals surface area contributed by atoms with Gasteiger partial charge in [-0.1, -0.05) is 48.5 Å². The fourth-order valence-corrected chi connectivity index (χ4v) is 4.12. The molecule has 0 saturated carbocycles. The van der Waals surface area contributed by atoms with Crippen molar-refractivity contribution >= 4 is 22.1 Å². The lowest BCUT2D eigenvalue weighted by Gasteiger charge is -2.17. The van der Waals surface area contributed by atoms with E-state index in [2.05, 4.69) is 10.0 Å². The van der Waals surface area contributed by atoms with E-state index in [9.17, 15) is 23.1 Å². The predicted molar refractivity (Wildman–Crippen MR) is 112 cm³/mol. The lowest BCUT2D eigenvalue weighted by atomic mass is 9.98. The molecule has 3 rings (SSSR count). The van der Waals surface area contributed by atoms with Crippen molar-refractivity contribution in [1.29, 1.82) is 0 Å². The van der Waals surface area contributed by atoms with Crippen LogP contribution in [0.4, 0.5) is 4.79 Å². The maximum absolute atomic E-state index is 12.2. The molecule has 0 unspecified atom stereocenters. The first-order chi connectivity index (χ1) is 14.3. The van der Waals surface area contributed by atoms with Crippen LogP contribution in [-0.2, 0) is 19.6 Å². The Kier molecular flexibility index (Phi) is 6.73. The zero-order valence-electron chi connectivity index (χ0n) is 16.5. The molecule has 0 radical (unpaired) electrons. The minimum Gasteiger partial charge on any atom is -0.480 e. The zero-order chi connectivity index (χ0) is 21.7. The molecule has 0 fully saturated rings. The van der Waals surface area contributed by atoms with E-state index in [4.69, 9.17) is 4.74 Å². The van der Waals surface area contributed by atoms with Crippen molar-refractivity contribution in [2.75, 3.05) is 19.4 Å². The van der Waals surface area contributed by atoms with Crippen LogP contribution >= 0.6 is 0 Å². The molecule has 2 aromatic rings. The van der Waals surface area contributed by atoms with Gasteiger partial charge < -0.3 is 15.2 Å². The molecule has 8 nitrogen and oxygen atoms in total. The molecular weight excluding hydrogens is 408 g/mol. The van der Waals surface area contributed by atoms with Crippen LogP contribution in [0.15, 0.2) is 48.5 Å². The summed E-state index contributed by atoms with van der Waals surface area (Å²) in [5, 5.41) is 11.7. The molecule has 0 saturated heterocycles. The van der Waals surface area contributed by atoms with Crippen LogP contribution in [0, 0.1) is 0 Å². The van der Waals surface area contributed by atoms with Gasteiger partial charge in [0.25, 0.3) is 0 Å². The predicted octanol–water partition coefficient (Wildman–Crippen LogP) is 2.31. The molecule has 1 aliphatic carbocycles. The summed E-state index contributed by atoms with van der Waals surface area (Å²) >= 11 is 0. The number of nitrogens with one attached hydrogen (secondary N) is 2. The van der Waals surface area contributed by atoms with E-state index in [1.54, 1.807) is 0 Å². The molecule has 0 bridgehead atoms. The van der Waals surface area contributed by atoms with Gasteiger partial charge in [0.2, 0.25) is 10.0 Å². The van der Waals surface area contributed by atoms with Crippen molar-refractivity contribution in [1.82, 2.24) is 10.0 Å². The van der Waals surface area contributed by atoms with Crippen molar-refractivity contribution < 1.29 is 27.9 Å².